The van der Waals surface area contributed by atoms with E-state index in [1.165, 1.54) is 0 Å². The second-order valence-corrected chi connectivity index (χ2v) is 6.11. The SMILES string of the molecule is O=C(NCCc1ccc2c(c1)OCO2)N(Cc1ccco1)C1CC1. The number of nitrogens with one attached hydrogen (secondary N) is 1. The van der Waals surface area contributed by atoms with Crippen molar-refractivity contribution in [3.63, 3.8) is 0 Å². The number of amides is 2. The van der Waals surface area contributed by atoms with Crippen LogP contribution in [0.1, 0.15) is 24.2 Å². The molecule has 0 radical (unpaired) electrons. The summed E-state index contributed by atoms with van der Waals surface area (Å²) >= 11 is 0. The molecular weight excluding hydrogens is 308 g/mol. The Hall–Kier alpha value is -2.63. The number of nitrogens with zero attached hydrogens (tertiary/aromatic N) is 1. The van der Waals surface area contributed by atoms with Crippen molar-refractivity contribution in [2.75, 3.05) is 13.3 Å². The lowest BCUT2D eigenvalue weighted by Gasteiger charge is -2.21. The van der Waals surface area contributed by atoms with Crippen molar-refractivity contribution in [1.82, 2.24) is 10.2 Å². The Morgan fingerprint density at radius 1 is 1.21 bits per heavy atom. The van der Waals surface area contributed by atoms with Crippen LogP contribution in [0.4, 0.5) is 4.79 Å². The summed E-state index contributed by atoms with van der Waals surface area (Å²) < 4.78 is 16.0. The minimum absolute atomic E-state index is 0.0327. The van der Waals surface area contributed by atoms with E-state index in [0.717, 1.165) is 42.1 Å². The Morgan fingerprint density at radius 2 is 2.08 bits per heavy atom. The maximum Gasteiger partial charge on any atom is 0.318 e. The van der Waals surface area contributed by atoms with Crippen molar-refractivity contribution in [2.24, 2.45) is 0 Å². The second-order valence-electron chi connectivity index (χ2n) is 6.11. The summed E-state index contributed by atoms with van der Waals surface area (Å²) in [6.45, 7) is 1.38. The van der Waals surface area contributed by atoms with E-state index >= 15 is 0 Å². The molecule has 4 rings (SSSR count). The van der Waals surface area contributed by atoms with Crippen LogP contribution in [0.25, 0.3) is 0 Å². The molecule has 1 fully saturated rings. The van der Waals surface area contributed by atoms with Crippen LogP contribution in [0.15, 0.2) is 41.0 Å². The number of urea groups is 1. The summed E-state index contributed by atoms with van der Waals surface area (Å²) in [6, 6.07) is 9.92. The summed E-state index contributed by atoms with van der Waals surface area (Å²) in [5, 5.41) is 3.01. The van der Waals surface area contributed by atoms with Gasteiger partial charge < -0.3 is 24.1 Å². The first-order valence-corrected chi connectivity index (χ1v) is 8.25. The molecule has 6 heteroatoms. The van der Waals surface area contributed by atoms with Gasteiger partial charge in [0.15, 0.2) is 11.5 Å². The fourth-order valence-corrected chi connectivity index (χ4v) is 2.84. The monoisotopic (exact) mass is 328 g/mol. The maximum absolute atomic E-state index is 12.5. The van der Waals surface area contributed by atoms with Crippen molar-refractivity contribution < 1.29 is 18.7 Å². The van der Waals surface area contributed by atoms with E-state index in [9.17, 15) is 4.79 Å². The largest absolute Gasteiger partial charge is 0.467 e. The molecular formula is C18H20N2O4. The lowest BCUT2D eigenvalue weighted by Crippen LogP contribution is -2.41. The van der Waals surface area contributed by atoms with E-state index in [0.29, 0.717) is 19.1 Å². The summed E-state index contributed by atoms with van der Waals surface area (Å²) in [5.41, 5.74) is 1.11. The summed E-state index contributed by atoms with van der Waals surface area (Å²) in [4.78, 5) is 14.3. The van der Waals surface area contributed by atoms with Crippen molar-refractivity contribution in [3.8, 4) is 11.5 Å². The quantitative estimate of drug-likeness (QED) is 0.885. The fourth-order valence-electron chi connectivity index (χ4n) is 2.84. The van der Waals surface area contributed by atoms with Crippen LogP contribution in [-0.2, 0) is 13.0 Å². The first kappa shape index (κ1) is 14.9. The van der Waals surface area contributed by atoms with Gasteiger partial charge in [-0.25, -0.2) is 4.79 Å². The number of ether oxygens (including phenoxy) is 2. The van der Waals surface area contributed by atoms with Gasteiger partial charge >= 0.3 is 6.03 Å². The zero-order valence-corrected chi connectivity index (χ0v) is 13.4. The number of furan rings is 1. The van der Waals surface area contributed by atoms with Gasteiger partial charge in [-0.15, -0.1) is 0 Å². The van der Waals surface area contributed by atoms with E-state index in [1.807, 2.05) is 35.2 Å². The van der Waals surface area contributed by atoms with Gasteiger partial charge in [-0.1, -0.05) is 6.07 Å². The Kier molecular flexibility index (Phi) is 4.02. The highest BCUT2D eigenvalue weighted by atomic mass is 16.7. The van der Waals surface area contributed by atoms with Gasteiger partial charge in [0.2, 0.25) is 6.79 Å². The van der Waals surface area contributed by atoms with Gasteiger partial charge in [0.05, 0.1) is 12.8 Å². The molecule has 6 nitrogen and oxygen atoms in total. The van der Waals surface area contributed by atoms with Crippen LogP contribution >= 0.6 is 0 Å². The second kappa shape index (κ2) is 6.47. The zero-order valence-electron chi connectivity index (χ0n) is 13.4. The lowest BCUT2D eigenvalue weighted by atomic mass is 10.1. The molecule has 1 saturated carbocycles. The molecule has 24 heavy (non-hydrogen) atoms. The first-order valence-electron chi connectivity index (χ1n) is 8.25. The minimum Gasteiger partial charge on any atom is -0.467 e. The average Bonchev–Trinajstić information content (AvgIpc) is 3.10. The summed E-state index contributed by atoms with van der Waals surface area (Å²) in [7, 11) is 0. The first-order chi connectivity index (χ1) is 11.8. The number of benzene rings is 1. The summed E-state index contributed by atoms with van der Waals surface area (Å²) in [5.74, 6) is 2.37. The highest BCUT2D eigenvalue weighted by Gasteiger charge is 2.33. The van der Waals surface area contributed by atoms with Crippen LogP contribution in [0.2, 0.25) is 0 Å². The Bertz CT molecular complexity index is 710. The van der Waals surface area contributed by atoms with Crippen LogP contribution in [-0.4, -0.2) is 30.3 Å². The molecule has 0 spiro atoms. The van der Waals surface area contributed by atoms with Gasteiger partial charge in [0, 0.05) is 12.6 Å². The number of hydrogen-bond acceptors (Lipinski definition) is 4. The standard InChI is InChI=1S/C18H20N2O4/c21-18(20(14-4-5-14)11-15-2-1-9-22-15)19-8-7-13-3-6-16-17(10-13)24-12-23-16/h1-3,6,9-10,14H,4-5,7-8,11-12H2,(H,19,21). The number of carbonyl (C=O) groups is 1. The number of hydrogen-bond donors (Lipinski definition) is 1. The molecule has 0 saturated heterocycles. The van der Waals surface area contributed by atoms with Gasteiger partial charge in [0.1, 0.15) is 5.76 Å². The summed E-state index contributed by atoms with van der Waals surface area (Å²) in [6.07, 6.45) is 4.52. The van der Waals surface area contributed by atoms with E-state index in [4.69, 9.17) is 13.9 Å². The van der Waals surface area contributed by atoms with Crippen LogP contribution in [0.3, 0.4) is 0 Å². The molecule has 2 heterocycles. The molecule has 2 aromatic rings. The van der Waals surface area contributed by atoms with E-state index in [-0.39, 0.29) is 12.8 Å². The highest BCUT2D eigenvalue weighted by molar-refractivity contribution is 5.74. The van der Waals surface area contributed by atoms with Crippen LogP contribution < -0.4 is 14.8 Å². The molecule has 126 valence electrons. The molecule has 1 aromatic heterocycles. The number of rotatable bonds is 6. The molecule has 1 aromatic carbocycles. The maximum atomic E-state index is 12.5. The number of fused-ring (bicyclic) bond motifs is 1. The van der Waals surface area contributed by atoms with Gasteiger partial charge in [0.25, 0.3) is 0 Å². The predicted octanol–water partition coefficient (Wildman–Crippen LogP) is 2.93. The van der Waals surface area contributed by atoms with E-state index in [1.54, 1.807) is 6.26 Å². The Morgan fingerprint density at radius 3 is 2.88 bits per heavy atom. The molecule has 1 N–H and O–H groups in total. The molecule has 2 aliphatic rings. The third kappa shape index (κ3) is 3.32. The minimum atomic E-state index is -0.0327. The number of carbonyl (C=O) groups excluding carboxylic acids is 1. The normalized spacial score (nSPS) is 15.3. The van der Waals surface area contributed by atoms with E-state index in [2.05, 4.69) is 5.32 Å². The topological polar surface area (TPSA) is 63.9 Å². The third-order valence-corrected chi connectivity index (χ3v) is 4.28. The van der Waals surface area contributed by atoms with Gasteiger partial charge in [-0.05, 0) is 49.1 Å². The lowest BCUT2D eigenvalue weighted by molar-refractivity contribution is 0.174. The van der Waals surface area contributed by atoms with Gasteiger partial charge in [-0.2, -0.15) is 0 Å². The Balaban J connectivity index is 1.30. The van der Waals surface area contributed by atoms with Crippen molar-refractivity contribution in [3.05, 3.63) is 47.9 Å². The Labute approximate surface area is 140 Å². The molecule has 0 atom stereocenters. The van der Waals surface area contributed by atoms with Crippen molar-refractivity contribution in [2.45, 2.75) is 31.8 Å². The average molecular weight is 328 g/mol. The highest BCUT2D eigenvalue weighted by Crippen LogP contribution is 2.32. The fraction of sp³-hybridized carbons (Fsp3) is 0.389. The van der Waals surface area contributed by atoms with Crippen molar-refractivity contribution in [1.29, 1.82) is 0 Å². The molecule has 1 aliphatic carbocycles. The predicted molar refractivity (Wildman–Crippen MR) is 86.9 cm³/mol. The van der Waals surface area contributed by atoms with Crippen molar-refractivity contribution >= 4 is 6.03 Å². The molecule has 2 amide bonds. The molecule has 0 bridgehead atoms. The molecule has 1 aliphatic heterocycles. The molecule has 0 unspecified atom stereocenters. The third-order valence-electron chi connectivity index (χ3n) is 4.28. The van der Waals surface area contributed by atoms with Crippen LogP contribution in [0.5, 0.6) is 11.5 Å². The van der Waals surface area contributed by atoms with Crippen LogP contribution in [0, 0.1) is 0 Å². The smallest absolute Gasteiger partial charge is 0.318 e. The van der Waals surface area contributed by atoms with E-state index < -0.39 is 0 Å². The zero-order chi connectivity index (χ0) is 16.4. The van der Waals surface area contributed by atoms with Gasteiger partial charge in [-0.3, -0.25) is 0 Å².